The first kappa shape index (κ1) is 10.6. The summed E-state index contributed by atoms with van der Waals surface area (Å²) >= 11 is 1.87. The van der Waals surface area contributed by atoms with Gasteiger partial charge < -0.3 is 9.84 Å². The molecule has 3 rings (SSSR count). The zero-order valence-corrected chi connectivity index (χ0v) is 9.82. The summed E-state index contributed by atoms with van der Waals surface area (Å²) < 4.78 is 5.85. The Hall–Kier alpha value is -0.550. The van der Waals surface area contributed by atoms with Crippen LogP contribution in [0.1, 0.15) is 11.8 Å². The topological polar surface area (TPSA) is 32.7 Å². The Morgan fingerprint density at radius 2 is 2.25 bits per heavy atom. The molecule has 2 aliphatic rings. The van der Waals surface area contributed by atoms with Crippen LogP contribution in [-0.2, 0) is 4.74 Å². The molecule has 2 fully saturated rings. The number of benzene rings is 1. The highest BCUT2D eigenvalue weighted by Crippen LogP contribution is 2.44. The Morgan fingerprint density at radius 1 is 1.44 bits per heavy atom. The molecule has 1 aromatic carbocycles. The number of nitrogens with zero attached hydrogens (tertiary/aromatic N) is 1. The van der Waals surface area contributed by atoms with E-state index in [2.05, 4.69) is 17.0 Å². The third-order valence-corrected chi connectivity index (χ3v) is 4.58. The Labute approximate surface area is 99.4 Å². The molecule has 2 heterocycles. The Morgan fingerprint density at radius 3 is 3.00 bits per heavy atom. The van der Waals surface area contributed by atoms with Crippen LogP contribution in [0.5, 0.6) is 0 Å². The number of aliphatic hydroxyl groups is 1. The molecule has 4 heteroatoms. The van der Waals surface area contributed by atoms with Gasteiger partial charge in [-0.2, -0.15) is 0 Å². The fraction of sp³-hybridized carbons (Fsp3) is 0.500. The molecule has 0 radical (unpaired) electrons. The largest absolute Gasteiger partial charge is 0.394 e. The van der Waals surface area contributed by atoms with Crippen molar-refractivity contribution < 1.29 is 9.84 Å². The van der Waals surface area contributed by atoms with Gasteiger partial charge in [-0.05, 0) is 5.56 Å². The molecular weight excluding hydrogens is 222 g/mol. The summed E-state index contributed by atoms with van der Waals surface area (Å²) in [6, 6.07) is 10.2. The zero-order valence-electron chi connectivity index (χ0n) is 9.00. The maximum Gasteiger partial charge on any atom is 0.138 e. The average Bonchev–Trinajstić information content (AvgIpc) is 2.88. The van der Waals surface area contributed by atoms with Crippen molar-refractivity contribution in [2.75, 3.05) is 24.8 Å². The van der Waals surface area contributed by atoms with Crippen molar-refractivity contribution in [1.82, 2.24) is 4.90 Å². The summed E-state index contributed by atoms with van der Waals surface area (Å²) in [5.74, 6) is 1.91. The lowest BCUT2D eigenvalue weighted by atomic mass is 10.0. The van der Waals surface area contributed by atoms with Gasteiger partial charge in [0.15, 0.2) is 0 Å². The maximum atomic E-state index is 9.56. The van der Waals surface area contributed by atoms with Crippen LogP contribution in [0.4, 0.5) is 0 Å². The highest BCUT2D eigenvalue weighted by molar-refractivity contribution is 7.99. The molecule has 3 nitrogen and oxygen atoms in total. The van der Waals surface area contributed by atoms with E-state index < -0.39 is 0 Å². The van der Waals surface area contributed by atoms with E-state index in [0.29, 0.717) is 6.61 Å². The molecule has 0 spiro atoms. The third-order valence-electron chi connectivity index (χ3n) is 3.38. The molecule has 86 valence electrons. The van der Waals surface area contributed by atoms with E-state index in [1.54, 1.807) is 0 Å². The second kappa shape index (κ2) is 4.04. The van der Waals surface area contributed by atoms with Crippen LogP contribution < -0.4 is 0 Å². The standard InChI is InChI=1S/C12H15NO2S/c14-6-12-7-15-11(13(12)9-16-8-12)10-4-2-1-3-5-10/h1-5,11,14H,6-9H2/t11-,12-/m1/s1. The van der Waals surface area contributed by atoms with Crippen LogP contribution in [-0.4, -0.2) is 40.4 Å². The molecule has 0 aliphatic carbocycles. The highest BCUT2D eigenvalue weighted by Gasteiger charge is 2.50. The van der Waals surface area contributed by atoms with E-state index in [-0.39, 0.29) is 18.4 Å². The van der Waals surface area contributed by atoms with Crippen molar-refractivity contribution in [3.05, 3.63) is 35.9 Å². The maximum absolute atomic E-state index is 9.56. The first-order valence-corrected chi connectivity index (χ1v) is 6.63. The van der Waals surface area contributed by atoms with Crippen LogP contribution in [0.2, 0.25) is 0 Å². The monoisotopic (exact) mass is 237 g/mol. The van der Waals surface area contributed by atoms with Gasteiger partial charge in [-0.3, -0.25) is 4.90 Å². The minimum absolute atomic E-state index is 0.0170. The highest BCUT2D eigenvalue weighted by atomic mass is 32.2. The average molecular weight is 237 g/mol. The number of aliphatic hydroxyl groups excluding tert-OH is 1. The van der Waals surface area contributed by atoms with Gasteiger partial charge in [0.05, 0.1) is 18.8 Å². The van der Waals surface area contributed by atoms with Crippen LogP contribution in [0.25, 0.3) is 0 Å². The van der Waals surface area contributed by atoms with Gasteiger partial charge in [0.25, 0.3) is 0 Å². The van der Waals surface area contributed by atoms with Crippen LogP contribution in [0.3, 0.4) is 0 Å². The van der Waals surface area contributed by atoms with Gasteiger partial charge in [0.1, 0.15) is 6.23 Å². The lowest BCUT2D eigenvalue weighted by molar-refractivity contribution is 0.0321. The van der Waals surface area contributed by atoms with Crippen LogP contribution in [0, 0.1) is 0 Å². The van der Waals surface area contributed by atoms with Crippen molar-refractivity contribution in [1.29, 1.82) is 0 Å². The van der Waals surface area contributed by atoms with E-state index in [0.717, 1.165) is 11.6 Å². The third kappa shape index (κ3) is 1.49. The lowest BCUT2D eigenvalue weighted by Crippen LogP contribution is -2.46. The summed E-state index contributed by atoms with van der Waals surface area (Å²) in [7, 11) is 0. The quantitative estimate of drug-likeness (QED) is 0.844. The summed E-state index contributed by atoms with van der Waals surface area (Å²) in [4.78, 5) is 2.28. The van der Waals surface area contributed by atoms with Gasteiger partial charge in [0.2, 0.25) is 0 Å². The first-order valence-electron chi connectivity index (χ1n) is 5.48. The SMILES string of the molecule is OC[C@]12CO[C@H](c3ccccc3)N1CSC2. The van der Waals surface area contributed by atoms with Crippen molar-refractivity contribution >= 4 is 11.8 Å². The molecule has 2 saturated heterocycles. The summed E-state index contributed by atoms with van der Waals surface area (Å²) in [5, 5.41) is 9.56. The number of rotatable bonds is 2. The molecule has 0 aromatic heterocycles. The molecule has 2 aliphatic heterocycles. The Balaban J connectivity index is 1.90. The van der Waals surface area contributed by atoms with E-state index in [1.807, 2.05) is 30.0 Å². The number of hydrogen-bond acceptors (Lipinski definition) is 4. The van der Waals surface area contributed by atoms with E-state index >= 15 is 0 Å². The molecule has 0 bridgehead atoms. The van der Waals surface area contributed by atoms with E-state index in [4.69, 9.17) is 4.74 Å². The Kier molecular flexibility index (Phi) is 2.67. The summed E-state index contributed by atoms with van der Waals surface area (Å²) in [6.07, 6.45) is 0.0170. The van der Waals surface area contributed by atoms with Crippen molar-refractivity contribution in [3.8, 4) is 0 Å². The second-order valence-corrected chi connectivity index (χ2v) is 5.36. The van der Waals surface area contributed by atoms with E-state index in [1.165, 1.54) is 5.56 Å². The van der Waals surface area contributed by atoms with Crippen molar-refractivity contribution in [2.45, 2.75) is 11.8 Å². The summed E-state index contributed by atoms with van der Waals surface area (Å²) in [6.45, 7) is 0.819. The van der Waals surface area contributed by atoms with Crippen molar-refractivity contribution in [2.24, 2.45) is 0 Å². The molecule has 1 aromatic rings. The fourth-order valence-corrected chi connectivity index (χ4v) is 3.81. The smallest absolute Gasteiger partial charge is 0.138 e. The normalized spacial score (nSPS) is 34.2. The number of fused-ring (bicyclic) bond motifs is 1. The van der Waals surface area contributed by atoms with Crippen molar-refractivity contribution in [3.63, 3.8) is 0 Å². The first-order chi connectivity index (χ1) is 7.86. The number of thioether (sulfide) groups is 1. The number of ether oxygens (including phenoxy) is 1. The number of hydrogen-bond donors (Lipinski definition) is 1. The molecule has 2 atom stereocenters. The molecular formula is C12H15NO2S. The van der Waals surface area contributed by atoms with Crippen LogP contribution in [0.15, 0.2) is 30.3 Å². The van der Waals surface area contributed by atoms with Gasteiger partial charge in [-0.15, -0.1) is 11.8 Å². The molecule has 0 amide bonds. The predicted molar refractivity (Wildman–Crippen MR) is 64.1 cm³/mol. The molecule has 16 heavy (non-hydrogen) atoms. The minimum Gasteiger partial charge on any atom is -0.394 e. The molecule has 0 unspecified atom stereocenters. The lowest BCUT2D eigenvalue weighted by Gasteiger charge is -2.29. The summed E-state index contributed by atoms with van der Waals surface area (Å²) in [5.41, 5.74) is 1.03. The molecule has 1 N–H and O–H groups in total. The van der Waals surface area contributed by atoms with Gasteiger partial charge >= 0.3 is 0 Å². The fourth-order valence-electron chi connectivity index (χ4n) is 2.39. The zero-order chi connectivity index (χ0) is 11.0. The van der Waals surface area contributed by atoms with Crippen LogP contribution >= 0.6 is 11.8 Å². The molecule has 0 saturated carbocycles. The Bertz CT molecular complexity index is 373. The van der Waals surface area contributed by atoms with E-state index in [9.17, 15) is 5.11 Å². The second-order valence-electron chi connectivity index (χ2n) is 4.40. The predicted octanol–water partition coefficient (Wildman–Crippen LogP) is 1.45. The van der Waals surface area contributed by atoms with Gasteiger partial charge in [-0.25, -0.2) is 0 Å². The van der Waals surface area contributed by atoms with Gasteiger partial charge in [-0.1, -0.05) is 30.3 Å². The minimum atomic E-state index is -0.148. The van der Waals surface area contributed by atoms with Gasteiger partial charge in [0, 0.05) is 11.6 Å².